The number of hydrogen-bond acceptors (Lipinski definition) is 2. The van der Waals surface area contributed by atoms with E-state index in [4.69, 9.17) is 0 Å². The van der Waals surface area contributed by atoms with Crippen molar-refractivity contribution in [2.75, 3.05) is 20.1 Å². The Morgan fingerprint density at radius 3 is 2.82 bits per heavy atom. The first kappa shape index (κ1) is 15.5. The van der Waals surface area contributed by atoms with Crippen LogP contribution >= 0.6 is 0 Å². The Bertz CT molecular complexity index is 520. The number of benzene rings is 1. The van der Waals surface area contributed by atoms with Gasteiger partial charge in [0.2, 0.25) is 5.91 Å². The highest BCUT2D eigenvalue weighted by Crippen LogP contribution is 2.34. The van der Waals surface area contributed by atoms with Gasteiger partial charge in [-0.25, -0.2) is 0 Å². The van der Waals surface area contributed by atoms with Gasteiger partial charge >= 0.3 is 0 Å². The van der Waals surface area contributed by atoms with Gasteiger partial charge in [0.15, 0.2) is 0 Å². The molecule has 0 saturated carbocycles. The highest BCUT2D eigenvalue weighted by Gasteiger charge is 2.22. The van der Waals surface area contributed by atoms with Crippen LogP contribution in [0.5, 0.6) is 0 Å². The Kier molecular flexibility index (Phi) is 5.14. The number of carbonyl (C=O) groups excluding carboxylic acids is 1. The maximum Gasteiger partial charge on any atom is 0.220 e. The molecule has 3 rings (SSSR count). The van der Waals surface area contributed by atoms with Gasteiger partial charge in [0.05, 0.1) is 0 Å². The van der Waals surface area contributed by atoms with Crippen molar-refractivity contribution in [2.45, 2.75) is 57.4 Å². The molecular weight excluding hydrogens is 272 g/mol. The first-order chi connectivity index (χ1) is 10.8. The van der Waals surface area contributed by atoms with Gasteiger partial charge < -0.3 is 5.32 Å². The Labute approximate surface area is 134 Å². The van der Waals surface area contributed by atoms with Crippen LogP contribution < -0.4 is 5.32 Å². The van der Waals surface area contributed by atoms with E-state index in [0.29, 0.717) is 12.3 Å². The summed E-state index contributed by atoms with van der Waals surface area (Å²) in [5, 5.41) is 2.76. The summed E-state index contributed by atoms with van der Waals surface area (Å²) in [5.41, 5.74) is 4.34. The van der Waals surface area contributed by atoms with E-state index in [1.54, 1.807) is 7.05 Å². The third-order valence-electron chi connectivity index (χ3n) is 5.21. The number of likely N-dealkylation sites (tertiary alicyclic amines) is 1. The third-order valence-corrected chi connectivity index (χ3v) is 5.21. The second-order valence-corrected chi connectivity index (χ2v) is 6.84. The van der Waals surface area contributed by atoms with Crippen LogP contribution in [0, 0.1) is 0 Å². The van der Waals surface area contributed by atoms with E-state index < -0.39 is 0 Å². The summed E-state index contributed by atoms with van der Waals surface area (Å²) >= 11 is 0. The number of carbonyl (C=O) groups is 1. The second-order valence-electron chi connectivity index (χ2n) is 6.84. The quantitative estimate of drug-likeness (QED) is 0.926. The lowest BCUT2D eigenvalue weighted by Crippen LogP contribution is -2.29. The summed E-state index contributed by atoms with van der Waals surface area (Å²) < 4.78 is 0. The maximum absolute atomic E-state index is 11.7. The van der Waals surface area contributed by atoms with E-state index >= 15 is 0 Å². The molecule has 1 aromatic carbocycles. The second kappa shape index (κ2) is 7.28. The minimum Gasteiger partial charge on any atom is -0.359 e. The monoisotopic (exact) mass is 300 g/mol. The van der Waals surface area contributed by atoms with Crippen molar-refractivity contribution in [1.82, 2.24) is 10.2 Å². The Balaban J connectivity index is 1.70. The fourth-order valence-electron chi connectivity index (χ4n) is 3.98. The van der Waals surface area contributed by atoms with Gasteiger partial charge in [0.1, 0.15) is 0 Å². The van der Waals surface area contributed by atoms with Crippen molar-refractivity contribution >= 4 is 5.91 Å². The minimum atomic E-state index is 0.162. The molecule has 2 aliphatic rings. The zero-order valence-electron chi connectivity index (χ0n) is 13.7. The molecule has 1 saturated heterocycles. The zero-order chi connectivity index (χ0) is 15.4. The Hall–Kier alpha value is -1.35. The van der Waals surface area contributed by atoms with Gasteiger partial charge in [-0.2, -0.15) is 0 Å². The molecule has 120 valence electrons. The first-order valence-electron chi connectivity index (χ1n) is 8.81. The number of amides is 1. The molecule has 0 radical (unpaired) electrons. The van der Waals surface area contributed by atoms with Gasteiger partial charge in [-0.15, -0.1) is 0 Å². The fourth-order valence-corrected chi connectivity index (χ4v) is 3.98. The standard InChI is InChI=1S/C19H28N2O/c1-20-19(22)13-17-7-5-6-16-12-15(8-9-18(16)17)14-21-10-3-2-4-11-21/h8-9,12,17H,2-7,10-11,13-14H2,1H3,(H,20,22)/t17-/m1/s1. The van der Waals surface area contributed by atoms with Crippen molar-refractivity contribution in [3.8, 4) is 0 Å². The van der Waals surface area contributed by atoms with E-state index in [-0.39, 0.29) is 5.91 Å². The van der Waals surface area contributed by atoms with Gasteiger partial charge in [0.25, 0.3) is 0 Å². The van der Waals surface area contributed by atoms with Crippen LogP contribution in [-0.4, -0.2) is 30.9 Å². The molecule has 1 fully saturated rings. The van der Waals surface area contributed by atoms with E-state index in [9.17, 15) is 4.79 Å². The van der Waals surface area contributed by atoms with Crippen LogP contribution in [-0.2, 0) is 17.8 Å². The number of nitrogens with one attached hydrogen (secondary N) is 1. The van der Waals surface area contributed by atoms with Crippen molar-refractivity contribution in [3.05, 3.63) is 34.9 Å². The largest absolute Gasteiger partial charge is 0.359 e. The van der Waals surface area contributed by atoms with Crippen LogP contribution in [0.2, 0.25) is 0 Å². The van der Waals surface area contributed by atoms with Crippen molar-refractivity contribution in [1.29, 1.82) is 0 Å². The normalized spacial score (nSPS) is 22.1. The molecule has 0 spiro atoms. The van der Waals surface area contributed by atoms with Crippen molar-refractivity contribution < 1.29 is 4.79 Å². The molecule has 0 aromatic heterocycles. The van der Waals surface area contributed by atoms with Crippen LogP contribution in [0.15, 0.2) is 18.2 Å². The van der Waals surface area contributed by atoms with E-state index in [1.165, 1.54) is 61.9 Å². The summed E-state index contributed by atoms with van der Waals surface area (Å²) in [6, 6.07) is 6.98. The fraction of sp³-hybridized carbons (Fsp3) is 0.632. The lowest BCUT2D eigenvalue weighted by Gasteiger charge is -2.28. The molecule has 1 N–H and O–H groups in total. The molecule has 22 heavy (non-hydrogen) atoms. The molecule has 1 aliphatic carbocycles. The van der Waals surface area contributed by atoms with Crippen LogP contribution in [0.3, 0.4) is 0 Å². The number of nitrogens with zero attached hydrogens (tertiary/aromatic N) is 1. The number of fused-ring (bicyclic) bond motifs is 1. The summed E-state index contributed by atoms with van der Waals surface area (Å²) in [6.45, 7) is 3.58. The van der Waals surface area contributed by atoms with Gasteiger partial charge in [-0.05, 0) is 67.8 Å². The molecule has 1 aromatic rings. The third kappa shape index (κ3) is 3.70. The van der Waals surface area contributed by atoms with E-state index in [1.807, 2.05) is 0 Å². The molecule has 0 unspecified atom stereocenters. The summed E-state index contributed by atoms with van der Waals surface area (Å²) in [6.07, 6.45) is 8.25. The highest BCUT2D eigenvalue weighted by atomic mass is 16.1. The summed E-state index contributed by atoms with van der Waals surface area (Å²) in [7, 11) is 1.73. The molecule has 1 amide bonds. The van der Waals surface area contributed by atoms with E-state index in [0.717, 1.165) is 13.0 Å². The molecule has 1 heterocycles. The number of aryl methyl sites for hydroxylation is 1. The average molecular weight is 300 g/mol. The Morgan fingerprint density at radius 1 is 1.23 bits per heavy atom. The van der Waals surface area contributed by atoms with Crippen molar-refractivity contribution in [2.24, 2.45) is 0 Å². The highest BCUT2D eigenvalue weighted by molar-refractivity contribution is 5.76. The first-order valence-corrected chi connectivity index (χ1v) is 8.81. The number of rotatable bonds is 4. The molecule has 0 bridgehead atoms. The summed E-state index contributed by atoms with van der Waals surface area (Å²) in [4.78, 5) is 14.3. The number of piperidine rings is 1. The predicted molar refractivity (Wildman–Crippen MR) is 89.9 cm³/mol. The lowest BCUT2D eigenvalue weighted by molar-refractivity contribution is -0.121. The lowest BCUT2D eigenvalue weighted by atomic mass is 9.80. The molecular formula is C19H28N2O. The molecule has 1 aliphatic heterocycles. The van der Waals surface area contributed by atoms with Crippen LogP contribution in [0.25, 0.3) is 0 Å². The van der Waals surface area contributed by atoms with Crippen LogP contribution in [0.1, 0.15) is 61.1 Å². The maximum atomic E-state index is 11.7. The molecule has 3 heteroatoms. The SMILES string of the molecule is CNC(=O)C[C@H]1CCCc2cc(CN3CCCCC3)ccc21. The summed E-state index contributed by atoms with van der Waals surface area (Å²) in [5.74, 6) is 0.572. The van der Waals surface area contributed by atoms with Crippen LogP contribution in [0.4, 0.5) is 0 Å². The van der Waals surface area contributed by atoms with Crippen molar-refractivity contribution in [3.63, 3.8) is 0 Å². The topological polar surface area (TPSA) is 32.3 Å². The van der Waals surface area contributed by atoms with Gasteiger partial charge in [0, 0.05) is 20.0 Å². The predicted octanol–water partition coefficient (Wildman–Crippen LogP) is 3.23. The smallest absolute Gasteiger partial charge is 0.220 e. The minimum absolute atomic E-state index is 0.162. The van der Waals surface area contributed by atoms with E-state index in [2.05, 4.69) is 28.4 Å². The Morgan fingerprint density at radius 2 is 2.05 bits per heavy atom. The van der Waals surface area contributed by atoms with Gasteiger partial charge in [-0.1, -0.05) is 24.6 Å². The number of hydrogen-bond donors (Lipinski definition) is 1. The average Bonchev–Trinajstić information content (AvgIpc) is 2.56. The van der Waals surface area contributed by atoms with Gasteiger partial charge in [-0.3, -0.25) is 9.69 Å². The zero-order valence-corrected chi connectivity index (χ0v) is 13.7. The molecule has 1 atom stereocenters. The molecule has 3 nitrogen and oxygen atoms in total.